The summed E-state index contributed by atoms with van der Waals surface area (Å²) in [5, 5.41) is 19.6. The van der Waals surface area contributed by atoms with Gasteiger partial charge in [-0.25, -0.2) is 0 Å². The average Bonchev–Trinajstić information content (AvgIpc) is 2.42. The van der Waals surface area contributed by atoms with Crippen LogP contribution >= 0.6 is 0 Å². The predicted molar refractivity (Wildman–Crippen MR) is 53.6 cm³/mol. The fourth-order valence-corrected chi connectivity index (χ4v) is 2.41. The van der Waals surface area contributed by atoms with Crippen LogP contribution in [0.5, 0.6) is 0 Å². The first kappa shape index (κ1) is 11.5. The van der Waals surface area contributed by atoms with E-state index in [1.165, 1.54) is 0 Å². The molecule has 0 radical (unpaired) electrons. The van der Waals surface area contributed by atoms with Gasteiger partial charge in [-0.05, 0) is 33.6 Å². The van der Waals surface area contributed by atoms with Crippen molar-refractivity contribution >= 4 is 0 Å². The zero-order valence-corrected chi connectivity index (χ0v) is 9.42. The predicted octanol–water partition coefficient (Wildman–Crippen LogP) is 1.86. The van der Waals surface area contributed by atoms with E-state index in [1.807, 2.05) is 20.8 Å². The lowest BCUT2D eigenvalue weighted by Crippen LogP contribution is -2.54. The first-order valence-corrected chi connectivity index (χ1v) is 5.10. The minimum atomic E-state index is -0.984. The molecule has 1 aliphatic heterocycles. The summed E-state index contributed by atoms with van der Waals surface area (Å²) in [6.45, 7) is 7.94. The fourth-order valence-electron chi connectivity index (χ4n) is 2.41. The molecule has 2 atom stereocenters. The maximum absolute atomic E-state index is 10.3. The van der Waals surface area contributed by atoms with E-state index >= 15 is 0 Å². The van der Waals surface area contributed by atoms with E-state index in [1.54, 1.807) is 6.92 Å². The summed E-state index contributed by atoms with van der Waals surface area (Å²) >= 11 is 0. The van der Waals surface area contributed by atoms with Crippen LogP contribution in [0.1, 0.15) is 40.5 Å². The molecular weight excluding hydrogens is 178 g/mol. The second kappa shape index (κ2) is 3.22. The maximum atomic E-state index is 10.3. The first-order valence-electron chi connectivity index (χ1n) is 5.10. The van der Waals surface area contributed by atoms with Gasteiger partial charge in [-0.2, -0.15) is 5.26 Å². The molecule has 3 nitrogen and oxygen atoms in total. The summed E-state index contributed by atoms with van der Waals surface area (Å²) < 4.78 is 5.55. The highest BCUT2D eigenvalue weighted by Gasteiger charge is 2.60. The van der Waals surface area contributed by atoms with E-state index in [-0.39, 0.29) is 0 Å². The molecule has 2 unspecified atom stereocenters. The molecule has 0 amide bonds. The fraction of sp³-hybridized carbons (Fsp3) is 0.909. The monoisotopic (exact) mass is 197 g/mol. The molecule has 3 heteroatoms. The maximum Gasteiger partial charge on any atom is 0.116 e. The minimum Gasteiger partial charge on any atom is -0.388 e. The molecule has 0 spiro atoms. The van der Waals surface area contributed by atoms with Crippen LogP contribution in [0.3, 0.4) is 0 Å². The van der Waals surface area contributed by atoms with Crippen molar-refractivity contribution in [1.82, 2.24) is 0 Å². The first-order chi connectivity index (χ1) is 6.33. The molecule has 0 aromatic heterocycles. The van der Waals surface area contributed by atoms with Gasteiger partial charge in [0.1, 0.15) is 5.41 Å². The lowest BCUT2D eigenvalue weighted by molar-refractivity contribution is -0.117. The second-order valence-corrected chi connectivity index (χ2v) is 4.75. The normalized spacial score (nSPS) is 34.9. The van der Waals surface area contributed by atoms with Crippen LogP contribution in [-0.4, -0.2) is 22.9 Å². The molecule has 0 aliphatic carbocycles. The Labute approximate surface area is 85.7 Å². The van der Waals surface area contributed by atoms with Gasteiger partial charge < -0.3 is 9.84 Å². The smallest absolute Gasteiger partial charge is 0.116 e. The molecule has 80 valence electrons. The van der Waals surface area contributed by atoms with Gasteiger partial charge in [0.2, 0.25) is 0 Å². The Morgan fingerprint density at radius 1 is 1.57 bits per heavy atom. The second-order valence-electron chi connectivity index (χ2n) is 4.75. The van der Waals surface area contributed by atoms with Crippen LogP contribution in [0.15, 0.2) is 0 Å². The SMILES string of the molecule is CCC(C)(O)C1(C#N)CCOC1(C)C. The number of hydrogen-bond acceptors (Lipinski definition) is 3. The topological polar surface area (TPSA) is 53.2 Å². The van der Waals surface area contributed by atoms with Gasteiger partial charge >= 0.3 is 0 Å². The molecular formula is C11H19NO2. The highest BCUT2D eigenvalue weighted by molar-refractivity contribution is 5.19. The lowest BCUT2D eigenvalue weighted by Gasteiger charge is -2.44. The van der Waals surface area contributed by atoms with E-state index < -0.39 is 16.6 Å². The molecule has 0 saturated carbocycles. The minimum absolute atomic E-state index is 0.552. The zero-order valence-electron chi connectivity index (χ0n) is 9.42. The molecule has 1 saturated heterocycles. The van der Waals surface area contributed by atoms with Gasteiger partial charge in [-0.1, -0.05) is 6.92 Å². The lowest BCUT2D eigenvalue weighted by atomic mass is 9.62. The van der Waals surface area contributed by atoms with Crippen molar-refractivity contribution in [3.8, 4) is 6.07 Å². The number of aliphatic hydroxyl groups is 1. The van der Waals surface area contributed by atoms with E-state index in [2.05, 4.69) is 6.07 Å². The van der Waals surface area contributed by atoms with Crippen molar-refractivity contribution < 1.29 is 9.84 Å². The van der Waals surface area contributed by atoms with Crippen molar-refractivity contribution in [2.24, 2.45) is 5.41 Å². The Hall–Kier alpha value is -0.590. The number of nitriles is 1. The third-order valence-corrected chi connectivity index (χ3v) is 3.77. The molecule has 0 bridgehead atoms. The van der Waals surface area contributed by atoms with E-state index in [9.17, 15) is 10.4 Å². The number of ether oxygens (including phenoxy) is 1. The summed E-state index contributed by atoms with van der Waals surface area (Å²) in [6, 6.07) is 2.28. The van der Waals surface area contributed by atoms with E-state index in [0.29, 0.717) is 19.4 Å². The number of rotatable bonds is 2. The summed E-state index contributed by atoms with van der Waals surface area (Å²) in [5.74, 6) is 0. The standard InChI is InChI=1S/C11H19NO2/c1-5-10(4,13)11(8-12)6-7-14-9(11,2)3/h13H,5-7H2,1-4H3. The number of nitrogens with zero attached hydrogens (tertiary/aromatic N) is 1. The third kappa shape index (κ3) is 1.25. The van der Waals surface area contributed by atoms with Crippen molar-refractivity contribution in [1.29, 1.82) is 5.26 Å². The van der Waals surface area contributed by atoms with Gasteiger partial charge in [-0.15, -0.1) is 0 Å². The van der Waals surface area contributed by atoms with Crippen LogP contribution in [0.4, 0.5) is 0 Å². The van der Waals surface area contributed by atoms with Crippen LogP contribution in [0.25, 0.3) is 0 Å². The Bertz CT molecular complexity index is 265. The van der Waals surface area contributed by atoms with Crippen LogP contribution in [0, 0.1) is 16.7 Å². The summed E-state index contributed by atoms with van der Waals surface area (Å²) in [4.78, 5) is 0. The Balaban J connectivity index is 3.17. The van der Waals surface area contributed by atoms with Crippen molar-refractivity contribution in [2.45, 2.75) is 51.7 Å². The highest BCUT2D eigenvalue weighted by Crippen LogP contribution is 2.51. The summed E-state index contributed by atoms with van der Waals surface area (Å²) in [5.41, 5.74) is -2.34. The highest BCUT2D eigenvalue weighted by atomic mass is 16.5. The zero-order chi connectivity index (χ0) is 11.0. The van der Waals surface area contributed by atoms with Crippen molar-refractivity contribution in [3.05, 3.63) is 0 Å². The van der Waals surface area contributed by atoms with Crippen molar-refractivity contribution in [3.63, 3.8) is 0 Å². The molecule has 0 aromatic rings. The molecule has 1 heterocycles. The van der Waals surface area contributed by atoms with Crippen LogP contribution in [-0.2, 0) is 4.74 Å². The van der Waals surface area contributed by atoms with Gasteiger partial charge in [0.05, 0.1) is 17.3 Å². The van der Waals surface area contributed by atoms with Gasteiger partial charge in [0.25, 0.3) is 0 Å². The Kier molecular flexibility index (Phi) is 2.64. The molecule has 14 heavy (non-hydrogen) atoms. The van der Waals surface area contributed by atoms with Crippen molar-refractivity contribution in [2.75, 3.05) is 6.61 Å². The van der Waals surface area contributed by atoms with Gasteiger partial charge in [0, 0.05) is 6.61 Å². The largest absolute Gasteiger partial charge is 0.388 e. The summed E-state index contributed by atoms with van der Waals surface area (Å²) in [6.07, 6.45) is 1.17. The van der Waals surface area contributed by atoms with Crippen LogP contribution in [0.2, 0.25) is 0 Å². The quantitative estimate of drug-likeness (QED) is 0.735. The average molecular weight is 197 g/mol. The number of hydrogen-bond donors (Lipinski definition) is 1. The Morgan fingerprint density at radius 3 is 2.43 bits per heavy atom. The van der Waals surface area contributed by atoms with Gasteiger partial charge in [-0.3, -0.25) is 0 Å². The van der Waals surface area contributed by atoms with Gasteiger partial charge in [0.15, 0.2) is 0 Å². The molecule has 0 aromatic carbocycles. The molecule has 1 N–H and O–H groups in total. The summed E-state index contributed by atoms with van der Waals surface area (Å²) in [7, 11) is 0. The Morgan fingerprint density at radius 2 is 2.14 bits per heavy atom. The molecule has 1 aliphatic rings. The van der Waals surface area contributed by atoms with Crippen LogP contribution < -0.4 is 0 Å². The van der Waals surface area contributed by atoms with E-state index in [4.69, 9.17) is 4.74 Å². The molecule has 1 rings (SSSR count). The third-order valence-electron chi connectivity index (χ3n) is 3.77. The molecule has 1 fully saturated rings. The van der Waals surface area contributed by atoms with E-state index in [0.717, 1.165) is 0 Å².